The zero-order chi connectivity index (χ0) is 8.43. The molecule has 0 fully saturated rings. The number of nitrogens with zero attached hydrogens (tertiary/aromatic N) is 1. The van der Waals surface area contributed by atoms with Crippen LogP contribution in [0.3, 0.4) is 0 Å². The topological polar surface area (TPSA) is 57.3 Å². The number of hydrogen-bond acceptors (Lipinski definition) is 2. The Balaban J connectivity index is 2.73. The predicted octanol–water partition coefficient (Wildman–Crippen LogP) is 0.0780. The van der Waals surface area contributed by atoms with Crippen LogP contribution >= 0.6 is 0 Å². The Morgan fingerprint density at radius 3 is 2.18 bits per heavy atom. The van der Waals surface area contributed by atoms with E-state index in [1.807, 2.05) is 0 Å². The highest BCUT2D eigenvalue weighted by molar-refractivity contribution is 6.13. The fourth-order valence-corrected chi connectivity index (χ4v) is 0.878. The van der Waals surface area contributed by atoms with Crippen LogP contribution in [0, 0.1) is 0 Å². The Kier molecular flexibility index (Phi) is 2.05. The molecular formula is C7H8NO3. The summed E-state index contributed by atoms with van der Waals surface area (Å²) in [5.41, 5.74) is 0. The highest BCUT2D eigenvalue weighted by Crippen LogP contribution is 2.09. The number of imide groups is 1. The molecule has 0 saturated heterocycles. The first-order chi connectivity index (χ1) is 5.16. The van der Waals surface area contributed by atoms with Crippen LogP contribution in [0.25, 0.3) is 0 Å². The van der Waals surface area contributed by atoms with Gasteiger partial charge in [0.1, 0.15) is 0 Å². The summed E-state index contributed by atoms with van der Waals surface area (Å²) in [5, 5.41) is 11.0. The number of carbonyl (C=O) groups is 2. The summed E-state index contributed by atoms with van der Waals surface area (Å²) in [6.07, 6.45) is 1.25. The average molecular weight is 154 g/mol. The van der Waals surface area contributed by atoms with Crippen molar-refractivity contribution in [1.82, 2.24) is 4.90 Å². The molecule has 59 valence electrons. The zero-order valence-electron chi connectivity index (χ0n) is 6.11. The van der Waals surface area contributed by atoms with Gasteiger partial charge >= 0.3 is 0 Å². The third kappa shape index (κ3) is 1.30. The maximum Gasteiger partial charge on any atom is 0.255 e. The summed E-state index contributed by atoms with van der Waals surface area (Å²) in [7, 11) is 0. The normalized spacial score (nSPS) is 19.6. The molecule has 11 heavy (non-hydrogen) atoms. The van der Waals surface area contributed by atoms with Crippen LogP contribution in [0.4, 0.5) is 0 Å². The third-order valence-corrected chi connectivity index (χ3v) is 1.48. The fraction of sp³-hybridized carbons (Fsp3) is 0.429. The number of amides is 2. The molecule has 0 saturated carbocycles. The van der Waals surface area contributed by atoms with Gasteiger partial charge < -0.3 is 0 Å². The second-order valence-electron chi connectivity index (χ2n) is 2.24. The second kappa shape index (κ2) is 2.84. The number of rotatable bonds is 2. The van der Waals surface area contributed by atoms with Gasteiger partial charge in [-0.15, -0.1) is 0 Å². The van der Waals surface area contributed by atoms with Crippen molar-refractivity contribution >= 4 is 11.8 Å². The van der Waals surface area contributed by atoms with Gasteiger partial charge in [0, 0.05) is 12.2 Å². The van der Waals surface area contributed by atoms with E-state index in [-0.39, 0.29) is 6.42 Å². The molecule has 1 rings (SSSR count). The van der Waals surface area contributed by atoms with Gasteiger partial charge in [-0.2, -0.15) is 0 Å². The van der Waals surface area contributed by atoms with Crippen LogP contribution in [0.1, 0.15) is 13.3 Å². The van der Waals surface area contributed by atoms with Crippen molar-refractivity contribution in [2.24, 2.45) is 0 Å². The van der Waals surface area contributed by atoms with E-state index < -0.39 is 18.0 Å². The monoisotopic (exact) mass is 154 g/mol. The third-order valence-electron chi connectivity index (χ3n) is 1.48. The summed E-state index contributed by atoms with van der Waals surface area (Å²) in [6.45, 7) is 1.64. The molecule has 0 bridgehead atoms. The van der Waals surface area contributed by atoms with E-state index in [1.54, 1.807) is 6.92 Å². The molecular weight excluding hydrogens is 146 g/mol. The lowest BCUT2D eigenvalue weighted by molar-refractivity contribution is -0.152. The van der Waals surface area contributed by atoms with E-state index in [4.69, 9.17) is 0 Å². The van der Waals surface area contributed by atoms with Crippen molar-refractivity contribution in [3.05, 3.63) is 12.2 Å². The molecule has 0 aromatic heterocycles. The molecule has 1 aliphatic heterocycles. The first-order valence-corrected chi connectivity index (χ1v) is 3.38. The lowest BCUT2D eigenvalue weighted by atomic mass is 10.4. The molecule has 0 N–H and O–H groups in total. The van der Waals surface area contributed by atoms with E-state index in [0.717, 1.165) is 17.1 Å². The van der Waals surface area contributed by atoms with Gasteiger partial charge in [-0.25, -0.2) is 10.0 Å². The first kappa shape index (κ1) is 7.94. The summed E-state index contributed by atoms with van der Waals surface area (Å²) in [6, 6.07) is 0. The van der Waals surface area contributed by atoms with Gasteiger partial charge in [0.2, 0.25) is 0 Å². The van der Waals surface area contributed by atoms with Gasteiger partial charge in [0.15, 0.2) is 6.23 Å². The minimum atomic E-state index is -1.23. The number of carbonyl (C=O) groups excluding carboxylic acids is 2. The molecule has 1 radical (unpaired) electrons. The van der Waals surface area contributed by atoms with Crippen molar-refractivity contribution in [3.63, 3.8) is 0 Å². The maximum atomic E-state index is 11.0. The van der Waals surface area contributed by atoms with Crippen LogP contribution < -0.4 is 0 Å². The second-order valence-corrected chi connectivity index (χ2v) is 2.24. The van der Waals surface area contributed by atoms with Gasteiger partial charge in [-0.1, -0.05) is 6.92 Å². The molecule has 1 atom stereocenters. The Labute approximate surface area is 64.1 Å². The first-order valence-electron chi connectivity index (χ1n) is 3.38. The van der Waals surface area contributed by atoms with Crippen LogP contribution in [-0.2, 0) is 14.7 Å². The molecule has 1 aliphatic rings. The average Bonchev–Trinajstić information content (AvgIpc) is 2.30. The van der Waals surface area contributed by atoms with Crippen molar-refractivity contribution in [1.29, 1.82) is 0 Å². The molecule has 2 amide bonds. The predicted molar refractivity (Wildman–Crippen MR) is 35.8 cm³/mol. The van der Waals surface area contributed by atoms with E-state index in [1.165, 1.54) is 0 Å². The van der Waals surface area contributed by atoms with Crippen molar-refractivity contribution in [2.75, 3.05) is 0 Å². The summed E-state index contributed by atoms with van der Waals surface area (Å²) < 4.78 is 0. The summed E-state index contributed by atoms with van der Waals surface area (Å²) >= 11 is 0. The lowest BCUT2D eigenvalue weighted by Gasteiger charge is -2.16. The molecule has 0 aromatic rings. The Bertz CT molecular complexity index is 204. The van der Waals surface area contributed by atoms with Crippen LogP contribution in [0.5, 0.6) is 0 Å². The minimum Gasteiger partial charge on any atom is -0.269 e. The minimum absolute atomic E-state index is 0.249. The quantitative estimate of drug-likeness (QED) is 0.529. The number of hydrogen-bond donors (Lipinski definition) is 0. The molecule has 4 nitrogen and oxygen atoms in total. The Morgan fingerprint density at radius 1 is 1.36 bits per heavy atom. The van der Waals surface area contributed by atoms with Crippen molar-refractivity contribution in [3.8, 4) is 0 Å². The highest BCUT2D eigenvalue weighted by atomic mass is 16.3. The zero-order valence-corrected chi connectivity index (χ0v) is 6.11. The SMILES string of the molecule is CCC([O])N1C(=O)C=CC1=O. The van der Waals surface area contributed by atoms with E-state index >= 15 is 0 Å². The lowest BCUT2D eigenvalue weighted by Crippen LogP contribution is -2.38. The van der Waals surface area contributed by atoms with Gasteiger partial charge in [-0.3, -0.25) is 9.59 Å². The molecule has 1 unspecified atom stereocenters. The van der Waals surface area contributed by atoms with Gasteiger partial charge in [0.05, 0.1) is 0 Å². The Hall–Kier alpha value is -1.16. The van der Waals surface area contributed by atoms with Crippen LogP contribution in [-0.4, -0.2) is 22.9 Å². The van der Waals surface area contributed by atoms with Crippen molar-refractivity contribution < 1.29 is 14.7 Å². The molecule has 0 spiro atoms. The van der Waals surface area contributed by atoms with Gasteiger partial charge in [-0.05, 0) is 6.42 Å². The molecule has 0 aliphatic carbocycles. The van der Waals surface area contributed by atoms with E-state index in [2.05, 4.69) is 0 Å². The Morgan fingerprint density at radius 2 is 1.82 bits per heavy atom. The van der Waals surface area contributed by atoms with Crippen LogP contribution in [0.15, 0.2) is 12.2 Å². The highest BCUT2D eigenvalue weighted by Gasteiger charge is 2.29. The largest absolute Gasteiger partial charge is 0.269 e. The fourth-order valence-electron chi connectivity index (χ4n) is 0.878. The molecule has 1 heterocycles. The van der Waals surface area contributed by atoms with Crippen molar-refractivity contribution in [2.45, 2.75) is 19.6 Å². The maximum absolute atomic E-state index is 11.0. The van der Waals surface area contributed by atoms with Gasteiger partial charge in [0.25, 0.3) is 11.8 Å². The van der Waals surface area contributed by atoms with E-state index in [9.17, 15) is 14.7 Å². The summed E-state index contributed by atoms with van der Waals surface area (Å²) in [5.74, 6) is -1.01. The van der Waals surface area contributed by atoms with E-state index in [0.29, 0.717) is 0 Å². The summed E-state index contributed by atoms with van der Waals surface area (Å²) in [4.78, 5) is 22.3. The van der Waals surface area contributed by atoms with Crippen LogP contribution in [0.2, 0.25) is 0 Å². The standard InChI is InChI=1S/C7H8NO3/c1-2-5(9)8-6(10)3-4-7(8)11/h3-5H,2H2,1H3. The molecule has 4 heteroatoms. The smallest absolute Gasteiger partial charge is 0.255 e. The molecule has 0 aromatic carbocycles.